The Bertz CT molecular complexity index is 368. The number of halogens is 1. The van der Waals surface area contributed by atoms with Crippen LogP contribution in [-0.4, -0.2) is 29.8 Å². The van der Waals surface area contributed by atoms with Crippen molar-refractivity contribution in [2.75, 3.05) is 19.8 Å². The summed E-state index contributed by atoms with van der Waals surface area (Å²) in [5.74, 6) is 1.09. The fraction of sp³-hybridized carbons (Fsp3) is 0.667. The summed E-state index contributed by atoms with van der Waals surface area (Å²) in [6, 6.07) is 0. The van der Waals surface area contributed by atoms with E-state index in [2.05, 4.69) is 16.9 Å². The summed E-state index contributed by atoms with van der Waals surface area (Å²) in [7, 11) is 0. The third kappa shape index (κ3) is 3.30. The molecule has 2 heterocycles. The molecule has 0 aliphatic carbocycles. The molecule has 1 aliphatic heterocycles. The molecule has 1 fully saturated rings. The summed E-state index contributed by atoms with van der Waals surface area (Å²) in [4.78, 5) is 8.15. The molecule has 1 aromatic rings. The Kier molecular flexibility index (Phi) is 4.57. The molecular weight excluding hydrogens is 240 g/mol. The molecule has 1 saturated heterocycles. The summed E-state index contributed by atoms with van der Waals surface area (Å²) < 4.78 is 11.0. The highest BCUT2D eigenvalue weighted by molar-refractivity contribution is 6.30. The minimum atomic E-state index is 0.471. The first-order chi connectivity index (χ1) is 8.31. The molecule has 1 aliphatic rings. The molecule has 0 radical (unpaired) electrons. The van der Waals surface area contributed by atoms with Crippen LogP contribution in [0.1, 0.15) is 25.3 Å². The molecule has 5 heteroatoms. The van der Waals surface area contributed by atoms with Crippen molar-refractivity contribution in [3.05, 3.63) is 17.0 Å². The van der Waals surface area contributed by atoms with Gasteiger partial charge in [-0.1, -0.05) is 24.9 Å². The van der Waals surface area contributed by atoms with E-state index in [4.69, 9.17) is 21.1 Å². The zero-order chi connectivity index (χ0) is 12.1. The highest BCUT2D eigenvalue weighted by Gasteiger charge is 2.18. The fourth-order valence-corrected chi connectivity index (χ4v) is 2.09. The monoisotopic (exact) mass is 256 g/mol. The minimum absolute atomic E-state index is 0.471. The summed E-state index contributed by atoms with van der Waals surface area (Å²) >= 11 is 6.05. The van der Waals surface area contributed by atoms with Crippen LogP contribution in [0.25, 0.3) is 0 Å². The van der Waals surface area contributed by atoms with Gasteiger partial charge >= 0.3 is 0 Å². The van der Waals surface area contributed by atoms with Crippen LogP contribution in [-0.2, 0) is 11.2 Å². The lowest BCUT2D eigenvalue weighted by Crippen LogP contribution is -2.13. The summed E-state index contributed by atoms with van der Waals surface area (Å²) in [6.45, 7) is 4.35. The topological polar surface area (TPSA) is 44.2 Å². The molecule has 0 N–H and O–H groups in total. The molecule has 0 bridgehead atoms. The van der Waals surface area contributed by atoms with E-state index in [1.54, 1.807) is 0 Å². The van der Waals surface area contributed by atoms with Gasteiger partial charge in [-0.05, 0) is 12.8 Å². The second kappa shape index (κ2) is 6.17. The molecule has 0 aromatic carbocycles. The van der Waals surface area contributed by atoms with E-state index in [1.807, 2.05) is 0 Å². The lowest BCUT2D eigenvalue weighted by Gasteiger charge is -2.12. The average Bonchev–Trinajstić information content (AvgIpc) is 2.83. The van der Waals surface area contributed by atoms with E-state index in [1.165, 1.54) is 6.33 Å². The van der Waals surface area contributed by atoms with Gasteiger partial charge in [-0.25, -0.2) is 9.97 Å². The van der Waals surface area contributed by atoms with E-state index in [0.29, 0.717) is 23.6 Å². The van der Waals surface area contributed by atoms with Gasteiger partial charge in [0.25, 0.3) is 0 Å². The Morgan fingerprint density at radius 3 is 3.12 bits per heavy atom. The van der Waals surface area contributed by atoms with Crippen LogP contribution in [0, 0.1) is 5.92 Å². The molecule has 2 rings (SSSR count). The lowest BCUT2D eigenvalue weighted by atomic mass is 10.1. The van der Waals surface area contributed by atoms with Gasteiger partial charge in [0.05, 0.1) is 18.8 Å². The molecule has 0 spiro atoms. The minimum Gasteiger partial charge on any atom is -0.477 e. The maximum atomic E-state index is 6.05. The maximum absolute atomic E-state index is 6.05. The van der Waals surface area contributed by atoms with Crippen molar-refractivity contribution in [2.45, 2.75) is 26.2 Å². The van der Waals surface area contributed by atoms with Crippen LogP contribution >= 0.6 is 11.6 Å². The number of hydrogen-bond donors (Lipinski definition) is 0. The number of rotatable bonds is 5. The van der Waals surface area contributed by atoms with Crippen molar-refractivity contribution >= 4 is 11.6 Å². The standard InChI is InChI=1S/C12H17ClN2O2/c1-2-3-10-11(13)14-8-15-12(10)17-7-9-4-5-16-6-9/h8-9H,2-7H2,1H3. The molecule has 94 valence electrons. The van der Waals surface area contributed by atoms with Gasteiger partial charge < -0.3 is 9.47 Å². The third-order valence-electron chi connectivity index (χ3n) is 2.83. The molecule has 1 unspecified atom stereocenters. The quantitative estimate of drug-likeness (QED) is 0.760. The first kappa shape index (κ1) is 12.6. The molecular formula is C12H17ClN2O2. The largest absolute Gasteiger partial charge is 0.477 e. The van der Waals surface area contributed by atoms with Gasteiger partial charge in [0.2, 0.25) is 5.88 Å². The summed E-state index contributed by atoms with van der Waals surface area (Å²) in [5.41, 5.74) is 0.913. The van der Waals surface area contributed by atoms with Crippen LogP contribution in [0.15, 0.2) is 6.33 Å². The van der Waals surface area contributed by atoms with Gasteiger partial charge in [0.15, 0.2) is 0 Å². The summed E-state index contributed by atoms with van der Waals surface area (Å²) in [6.07, 6.45) is 4.34. The van der Waals surface area contributed by atoms with E-state index in [0.717, 1.165) is 38.0 Å². The van der Waals surface area contributed by atoms with Crippen molar-refractivity contribution in [1.29, 1.82) is 0 Å². The van der Waals surface area contributed by atoms with E-state index in [-0.39, 0.29) is 0 Å². The third-order valence-corrected chi connectivity index (χ3v) is 3.16. The van der Waals surface area contributed by atoms with Gasteiger partial charge in [-0.15, -0.1) is 0 Å². The predicted molar refractivity (Wildman–Crippen MR) is 65.5 cm³/mol. The zero-order valence-corrected chi connectivity index (χ0v) is 10.7. The molecule has 1 aromatic heterocycles. The van der Waals surface area contributed by atoms with Crippen LogP contribution in [0.4, 0.5) is 0 Å². The van der Waals surface area contributed by atoms with Gasteiger partial charge in [-0.3, -0.25) is 0 Å². The van der Waals surface area contributed by atoms with Crippen molar-refractivity contribution in [3.8, 4) is 5.88 Å². The van der Waals surface area contributed by atoms with Crippen molar-refractivity contribution in [3.63, 3.8) is 0 Å². The van der Waals surface area contributed by atoms with E-state index >= 15 is 0 Å². The van der Waals surface area contributed by atoms with Crippen LogP contribution < -0.4 is 4.74 Å². The Morgan fingerprint density at radius 2 is 2.41 bits per heavy atom. The number of ether oxygens (including phenoxy) is 2. The second-order valence-electron chi connectivity index (χ2n) is 4.24. The maximum Gasteiger partial charge on any atom is 0.221 e. The van der Waals surface area contributed by atoms with Crippen LogP contribution in [0.2, 0.25) is 5.15 Å². The molecule has 0 amide bonds. The predicted octanol–water partition coefficient (Wildman–Crippen LogP) is 2.50. The molecule has 17 heavy (non-hydrogen) atoms. The first-order valence-electron chi connectivity index (χ1n) is 6.01. The molecule has 0 saturated carbocycles. The van der Waals surface area contributed by atoms with Crippen LogP contribution in [0.3, 0.4) is 0 Å². The molecule has 1 atom stereocenters. The Morgan fingerprint density at radius 1 is 1.53 bits per heavy atom. The van der Waals surface area contributed by atoms with Crippen LogP contribution in [0.5, 0.6) is 5.88 Å². The molecule has 4 nitrogen and oxygen atoms in total. The lowest BCUT2D eigenvalue weighted by molar-refractivity contribution is 0.165. The smallest absolute Gasteiger partial charge is 0.221 e. The van der Waals surface area contributed by atoms with Gasteiger partial charge in [0, 0.05) is 12.5 Å². The van der Waals surface area contributed by atoms with Crippen molar-refractivity contribution in [1.82, 2.24) is 9.97 Å². The first-order valence-corrected chi connectivity index (χ1v) is 6.39. The Hall–Kier alpha value is -0.870. The van der Waals surface area contributed by atoms with Crippen molar-refractivity contribution in [2.24, 2.45) is 5.92 Å². The van der Waals surface area contributed by atoms with Gasteiger partial charge in [-0.2, -0.15) is 0 Å². The van der Waals surface area contributed by atoms with Crippen molar-refractivity contribution < 1.29 is 9.47 Å². The number of aromatic nitrogens is 2. The van der Waals surface area contributed by atoms with Gasteiger partial charge in [0.1, 0.15) is 11.5 Å². The summed E-state index contributed by atoms with van der Waals surface area (Å²) in [5, 5.41) is 0.500. The second-order valence-corrected chi connectivity index (χ2v) is 4.60. The number of nitrogens with zero attached hydrogens (tertiary/aromatic N) is 2. The average molecular weight is 257 g/mol. The Labute approximate surface area is 106 Å². The van der Waals surface area contributed by atoms with E-state index < -0.39 is 0 Å². The number of hydrogen-bond acceptors (Lipinski definition) is 4. The fourth-order valence-electron chi connectivity index (χ4n) is 1.87. The SMILES string of the molecule is CCCc1c(Cl)ncnc1OCC1CCOC1. The zero-order valence-electron chi connectivity index (χ0n) is 9.99. The Balaban J connectivity index is 2.00. The normalized spacial score (nSPS) is 19.5. The highest BCUT2D eigenvalue weighted by atomic mass is 35.5. The van der Waals surface area contributed by atoms with E-state index in [9.17, 15) is 0 Å². The highest BCUT2D eigenvalue weighted by Crippen LogP contribution is 2.24.